The van der Waals surface area contributed by atoms with E-state index in [0.717, 1.165) is 103 Å². The minimum atomic E-state index is -0.787. The van der Waals surface area contributed by atoms with Gasteiger partial charge in [0, 0.05) is 19.3 Å². The van der Waals surface area contributed by atoms with Crippen LogP contribution in [0.2, 0.25) is 0 Å². The predicted molar refractivity (Wildman–Crippen MR) is 228 cm³/mol. The second kappa shape index (κ2) is 42.8. The molecule has 6 nitrogen and oxygen atoms in total. The quantitative estimate of drug-likeness (QED) is 0.0204. The summed E-state index contributed by atoms with van der Waals surface area (Å²) in [6.45, 7) is 6.39. The van der Waals surface area contributed by atoms with Gasteiger partial charge in [-0.1, -0.05) is 165 Å². The molecule has 0 fully saturated rings. The van der Waals surface area contributed by atoms with Gasteiger partial charge in [-0.15, -0.1) is 0 Å². The molecule has 1 unspecified atom stereocenters. The first kappa shape index (κ1) is 51.1. The van der Waals surface area contributed by atoms with Gasteiger partial charge in [0.05, 0.1) is 0 Å². The van der Waals surface area contributed by atoms with Crippen molar-refractivity contribution in [3.63, 3.8) is 0 Å². The average molecular weight is 755 g/mol. The Bertz CT molecular complexity index is 1010. The summed E-state index contributed by atoms with van der Waals surface area (Å²) in [6, 6.07) is 0. The Morgan fingerprint density at radius 1 is 0.389 bits per heavy atom. The van der Waals surface area contributed by atoms with Crippen LogP contribution in [-0.2, 0) is 28.6 Å². The minimum Gasteiger partial charge on any atom is -0.462 e. The van der Waals surface area contributed by atoms with Crippen molar-refractivity contribution in [2.24, 2.45) is 0 Å². The fourth-order valence-electron chi connectivity index (χ4n) is 5.89. The van der Waals surface area contributed by atoms with Crippen molar-refractivity contribution in [2.75, 3.05) is 13.2 Å². The second-order valence-corrected chi connectivity index (χ2v) is 14.6. The van der Waals surface area contributed by atoms with Gasteiger partial charge in [0.2, 0.25) is 0 Å². The van der Waals surface area contributed by atoms with Crippen LogP contribution in [0.3, 0.4) is 0 Å². The Balaban J connectivity index is 4.44. The van der Waals surface area contributed by atoms with Gasteiger partial charge in [0.25, 0.3) is 0 Å². The third kappa shape index (κ3) is 40.3. The zero-order chi connectivity index (χ0) is 39.4. The van der Waals surface area contributed by atoms with E-state index in [1.807, 2.05) is 0 Å². The molecule has 0 saturated heterocycles. The molecule has 1 atom stereocenters. The van der Waals surface area contributed by atoms with E-state index in [-0.39, 0.29) is 31.1 Å². The smallest absolute Gasteiger partial charge is 0.306 e. The highest BCUT2D eigenvalue weighted by Gasteiger charge is 2.19. The lowest BCUT2D eigenvalue weighted by molar-refractivity contribution is -0.167. The Morgan fingerprint density at radius 3 is 1.22 bits per heavy atom. The van der Waals surface area contributed by atoms with Crippen LogP contribution >= 0.6 is 0 Å². The second-order valence-electron chi connectivity index (χ2n) is 14.6. The summed E-state index contributed by atoms with van der Waals surface area (Å²) < 4.78 is 16.7. The summed E-state index contributed by atoms with van der Waals surface area (Å²) >= 11 is 0. The van der Waals surface area contributed by atoms with Crippen LogP contribution in [0.25, 0.3) is 0 Å². The molecule has 310 valence electrons. The van der Waals surface area contributed by atoms with Crippen LogP contribution < -0.4 is 0 Å². The monoisotopic (exact) mass is 755 g/mol. The number of hydrogen-bond acceptors (Lipinski definition) is 6. The molecule has 0 aliphatic heterocycles. The Hall–Kier alpha value is -2.89. The number of carbonyl (C=O) groups is 3. The number of allylic oxidation sites excluding steroid dienone is 10. The molecule has 0 radical (unpaired) electrons. The normalized spacial score (nSPS) is 12.6. The number of ether oxygens (including phenoxy) is 3. The summed E-state index contributed by atoms with van der Waals surface area (Å²) in [5.74, 6) is -0.934. The molecule has 0 heterocycles. The van der Waals surface area contributed by atoms with E-state index in [1.165, 1.54) is 64.2 Å². The molecule has 0 aliphatic carbocycles. The van der Waals surface area contributed by atoms with Gasteiger partial charge in [0.1, 0.15) is 13.2 Å². The molecule has 6 heteroatoms. The van der Waals surface area contributed by atoms with Crippen molar-refractivity contribution in [1.29, 1.82) is 0 Å². The fourth-order valence-corrected chi connectivity index (χ4v) is 5.89. The highest BCUT2D eigenvalue weighted by atomic mass is 16.6. The molecular weight excluding hydrogens is 673 g/mol. The third-order valence-corrected chi connectivity index (χ3v) is 9.29. The van der Waals surface area contributed by atoms with Crippen LogP contribution in [0.4, 0.5) is 0 Å². The van der Waals surface area contributed by atoms with E-state index in [9.17, 15) is 14.4 Å². The highest BCUT2D eigenvalue weighted by molar-refractivity contribution is 5.71. The first-order chi connectivity index (χ1) is 26.5. The van der Waals surface area contributed by atoms with Crippen LogP contribution in [0.1, 0.15) is 207 Å². The largest absolute Gasteiger partial charge is 0.462 e. The molecule has 0 aromatic carbocycles. The van der Waals surface area contributed by atoms with Gasteiger partial charge in [-0.05, 0) is 83.5 Å². The van der Waals surface area contributed by atoms with Gasteiger partial charge in [0.15, 0.2) is 6.10 Å². The van der Waals surface area contributed by atoms with E-state index in [1.54, 1.807) is 0 Å². The van der Waals surface area contributed by atoms with E-state index in [4.69, 9.17) is 14.2 Å². The molecule has 0 aromatic heterocycles. The Kier molecular flexibility index (Phi) is 40.6. The lowest BCUT2D eigenvalue weighted by Gasteiger charge is -2.18. The van der Waals surface area contributed by atoms with Gasteiger partial charge < -0.3 is 14.2 Å². The maximum Gasteiger partial charge on any atom is 0.306 e. The van der Waals surface area contributed by atoms with Crippen molar-refractivity contribution < 1.29 is 28.6 Å². The Labute approximate surface area is 332 Å². The molecule has 54 heavy (non-hydrogen) atoms. The standard InChI is InChI=1S/C48H82O6/c1-4-7-10-13-16-19-22-24-27-29-32-35-38-41-47(50)53-44-45(43-52-46(49)40-37-34-31-28-25-21-18-15-12-9-6-3)54-48(51)42-39-36-33-30-26-23-20-17-14-11-8-5-2/h7,10,13,15-20,22,45H,4-6,8-9,11-12,14,21,23-44H2,1-3H3/b10-7-,16-13-,18-15-,20-17-,22-19-. The van der Waals surface area contributed by atoms with Crippen molar-refractivity contribution in [2.45, 2.75) is 213 Å². The van der Waals surface area contributed by atoms with Crippen molar-refractivity contribution in [3.05, 3.63) is 60.8 Å². The first-order valence-corrected chi connectivity index (χ1v) is 22.3. The SMILES string of the molecule is CC\C=C/C=C\C=C/CCCCCCCC(=O)OCC(COC(=O)CCCCCCC/C=C\CCCC)OC(=O)CCCCCCC/C=C\CCCCC. The molecule has 0 aromatic rings. The molecule has 0 amide bonds. The van der Waals surface area contributed by atoms with Crippen LogP contribution in [-0.4, -0.2) is 37.2 Å². The molecule has 0 aliphatic rings. The lowest BCUT2D eigenvalue weighted by Crippen LogP contribution is -2.30. The van der Waals surface area contributed by atoms with Crippen molar-refractivity contribution in [1.82, 2.24) is 0 Å². The van der Waals surface area contributed by atoms with E-state index >= 15 is 0 Å². The van der Waals surface area contributed by atoms with Gasteiger partial charge in [-0.2, -0.15) is 0 Å². The summed E-state index contributed by atoms with van der Waals surface area (Å²) in [5.41, 5.74) is 0. The fraction of sp³-hybridized carbons (Fsp3) is 0.729. The third-order valence-electron chi connectivity index (χ3n) is 9.29. The maximum absolute atomic E-state index is 12.7. The summed E-state index contributed by atoms with van der Waals surface area (Å²) in [6.07, 6.45) is 50.5. The number of esters is 3. The first-order valence-electron chi connectivity index (χ1n) is 22.3. The average Bonchev–Trinajstić information content (AvgIpc) is 3.17. The number of hydrogen-bond donors (Lipinski definition) is 0. The molecule has 0 spiro atoms. The minimum absolute atomic E-state index is 0.0894. The zero-order valence-corrected chi connectivity index (χ0v) is 35.2. The van der Waals surface area contributed by atoms with Crippen LogP contribution in [0.15, 0.2) is 60.8 Å². The van der Waals surface area contributed by atoms with Crippen LogP contribution in [0.5, 0.6) is 0 Å². The van der Waals surface area contributed by atoms with E-state index in [2.05, 4.69) is 81.5 Å². The van der Waals surface area contributed by atoms with Gasteiger partial charge >= 0.3 is 17.9 Å². The summed E-state index contributed by atoms with van der Waals surface area (Å²) in [4.78, 5) is 37.7. The van der Waals surface area contributed by atoms with E-state index in [0.29, 0.717) is 19.3 Å². The number of rotatable bonds is 39. The van der Waals surface area contributed by atoms with Crippen LogP contribution in [0, 0.1) is 0 Å². The molecular formula is C48H82O6. The van der Waals surface area contributed by atoms with E-state index < -0.39 is 6.10 Å². The molecule has 0 N–H and O–H groups in total. The molecule has 0 saturated carbocycles. The maximum atomic E-state index is 12.7. The summed E-state index contributed by atoms with van der Waals surface area (Å²) in [5, 5.41) is 0. The predicted octanol–water partition coefficient (Wildman–Crippen LogP) is 14.1. The van der Waals surface area contributed by atoms with Gasteiger partial charge in [-0.25, -0.2) is 0 Å². The summed E-state index contributed by atoms with van der Waals surface area (Å²) in [7, 11) is 0. The Morgan fingerprint density at radius 2 is 0.759 bits per heavy atom. The zero-order valence-electron chi connectivity index (χ0n) is 35.2. The van der Waals surface area contributed by atoms with Crippen molar-refractivity contribution in [3.8, 4) is 0 Å². The highest BCUT2D eigenvalue weighted by Crippen LogP contribution is 2.13. The number of unbranched alkanes of at least 4 members (excludes halogenated alkanes) is 20. The molecule has 0 rings (SSSR count). The molecule has 0 bridgehead atoms. The number of carbonyl (C=O) groups excluding carboxylic acids is 3. The van der Waals surface area contributed by atoms with Crippen molar-refractivity contribution >= 4 is 17.9 Å². The topological polar surface area (TPSA) is 78.9 Å². The van der Waals surface area contributed by atoms with Gasteiger partial charge in [-0.3, -0.25) is 14.4 Å². The lowest BCUT2D eigenvalue weighted by atomic mass is 10.1.